The van der Waals surface area contributed by atoms with Crippen LogP contribution < -0.4 is 5.32 Å². The number of halogens is 3. The molecule has 1 aliphatic rings. The summed E-state index contributed by atoms with van der Waals surface area (Å²) in [4.78, 5) is 44.8. The van der Waals surface area contributed by atoms with E-state index in [4.69, 9.17) is 0 Å². The second kappa shape index (κ2) is 9.71. The lowest BCUT2D eigenvalue weighted by molar-refractivity contribution is -0.144. The van der Waals surface area contributed by atoms with E-state index in [0.29, 0.717) is 12.1 Å². The highest BCUT2D eigenvalue weighted by Gasteiger charge is 2.38. The molecule has 2 N–H and O–H groups in total. The van der Waals surface area contributed by atoms with Crippen LogP contribution in [0, 0.1) is 17.5 Å². The van der Waals surface area contributed by atoms with Gasteiger partial charge < -0.3 is 24.7 Å². The number of carbonyl (C=O) groups excluding carboxylic acids is 3. The Bertz CT molecular complexity index is 1030. The fourth-order valence-electron chi connectivity index (χ4n) is 3.55. The number of aromatic amines is 1. The summed E-state index contributed by atoms with van der Waals surface area (Å²) in [6.07, 6.45) is 1.41. The third kappa shape index (κ3) is 4.53. The highest BCUT2D eigenvalue weighted by atomic mass is 19.2. The van der Waals surface area contributed by atoms with Gasteiger partial charge in [-0.2, -0.15) is 0 Å². The maximum absolute atomic E-state index is 14.6. The van der Waals surface area contributed by atoms with Crippen LogP contribution in [0.5, 0.6) is 0 Å². The monoisotopic (exact) mass is 454 g/mol. The van der Waals surface area contributed by atoms with Crippen molar-refractivity contribution in [2.24, 2.45) is 0 Å². The van der Waals surface area contributed by atoms with Gasteiger partial charge in [0.1, 0.15) is 12.1 Å². The fraction of sp³-hybridized carbons (Fsp3) is 0.400. The van der Waals surface area contributed by atoms with Crippen LogP contribution in [0.3, 0.4) is 0 Å². The molecule has 12 heteroatoms. The van der Waals surface area contributed by atoms with Gasteiger partial charge in [0, 0.05) is 30.6 Å². The number of rotatable bonds is 6. The van der Waals surface area contributed by atoms with Crippen LogP contribution in [0.25, 0.3) is 0 Å². The number of nitrogens with zero attached hydrogens (tertiary/aromatic N) is 2. The summed E-state index contributed by atoms with van der Waals surface area (Å²) in [6, 6.07) is -1.37. The summed E-state index contributed by atoms with van der Waals surface area (Å²) in [5.74, 6) is -5.87. The Kier molecular flexibility index (Phi) is 7.01. The van der Waals surface area contributed by atoms with Crippen LogP contribution in [-0.4, -0.2) is 59.6 Å². The molecule has 2 atom stereocenters. The molecule has 1 aliphatic heterocycles. The Balaban J connectivity index is 1.92. The Hall–Kier alpha value is -3.57. The average Bonchev–Trinajstić information content (AvgIpc) is 3.28. The minimum atomic E-state index is -1.67. The first kappa shape index (κ1) is 23.1. The lowest BCUT2D eigenvalue weighted by Crippen LogP contribution is -2.51. The van der Waals surface area contributed by atoms with Crippen LogP contribution >= 0.6 is 0 Å². The predicted molar refractivity (Wildman–Crippen MR) is 103 cm³/mol. The van der Waals surface area contributed by atoms with Crippen molar-refractivity contribution in [3.05, 3.63) is 52.9 Å². The number of esters is 2. The molecule has 1 aromatic heterocycles. The van der Waals surface area contributed by atoms with Gasteiger partial charge in [-0.1, -0.05) is 6.07 Å². The lowest BCUT2D eigenvalue weighted by Gasteiger charge is -2.36. The number of imidazole rings is 1. The molecule has 0 aliphatic carbocycles. The molecule has 2 amide bonds. The second-order valence-electron chi connectivity index (χ2n) is 7.02. The van der Waals surface area contributed by atoms with E-state index in [1.165, 1.54) is 13.4 Å². The smallest absolute Gasteiger partial charge is 0.328 e. The largest absolute Gasteiger partial charge is 0.469 e. The maximum atomic E-state index is 14.6. The van der Waals surface area contributed by atoms with Gasteiger partial charge in [-0.05, 0) is 12.5 Å². The number of aromatic nitrogens is 2. The lowest BCUT2D eigenvalue weighted by atomic mass is 9.95. The van der Waals surface area contributed by atoms with Crippen molar-refractivity contribution < 1.29 is 37.0 Å². The van der Waals surface area contributed by atoms with Crippen molar-refractivity contribution in [3.63, 3.8) is 0 Å². The highest BCUT2D eigenvalue weighted by Crippen LogP contribution is 2.35. The van der Waals surface area contributed by atoms with Crippen LogP contribution in [0.1, 0.15) is 35.8 Å². The molecule has 0 bridgehead atoms. The molecule has 2 aromatic rings. The first-order chi connectivity index (χ1) is 15.3. The van der Waals surface area contributed by atoms with Crippen LogP contribution in [0.4, 0.5) is 18.0 Å². The van der Waals surface area contributed by atoms with Crippen LogP contribution in [0.15, 0.2) is 18.5 Å². The summed E-state index contributed by atoms with van der Waals surface area (Å²) in [6.45, 7) is 0.0645. The molecule has 1 aromatic carbocycles. The van der Waals surface area contributed by atoms with E-state index >= 15 is 0 Å². The fourth-order valence-corrected chi connectivity index (χ4v) is 3.55. The molecule has 0 fully saturated rings. The number of benzene rings is 1. The number of carbonyl (C=O) groups is 3. The SMILES string of the molecule is COC(=O)CC[C@H](NC(=O)N1CCc2[nH]cnc2[C@@H]1c1ccc(F)c(F)c1F)C(=O)OC. The quantitative estimate of drug-likeness (QED) is 0.510. The van der Waals surface area contributed by atoms with Gasteiger partial charge in [0.15, 0.2) is 17.5 Å². The molecule has 2 heterocycles. The zero-order valence-corrected chi connectivity index (χ0v) is 17.3. The normalized spacial score (nSPS) is 16.2. The number of hydrogen-bond acceptors (Lipinski definition) is 6. The Morgan fingerprint density at radius 2 is 1.97 bits per heavy atom. The summed E-state index contributed by atoms with van der Waals surface area (Å²) in [5, 5.41) is 2.46. The molecule has 0 radical (unpaired) electrons. The molecule has 0 saturated heterocycles. The molecule has 3 rings (SSSR count). The van der Waals surface area contributed by atoms with Crippen molar-refractivity contribution in [1.29, 1.82) is 0 Å². The Morgan fingerprint density at radius 1 is 1.22 bits per heavy atom. The number of fused-ring (bicyclic) bond motifs is 1. The maximum Gasteiger partial charge on any atom is 0.328 e. The van der Waals surface area contributed by atoms with Crippen LogP contribution in [-0.2, 0) is 25.5 Å². The molecular weight excluding hydrogens is 433 g/mol. The third-order valence-corrected chi connectivity index (χ3v) is 5.19. The molecule has 32 heavy (non-hydrogen) atoms. The van der Waals surface area contributed by atoms with Gasteiger partial charge in [-0.25, -0.2) is 27.7 Å². The van der Waals surface area contributed by atoms with Gasteiger partial charge in [-0.15, -0.1) is 0 Å². The van der Waals surface area contributed by atoms with Gasteiger partial charge in [0.2, 0.25) is 0 Å². The first-order valence-corrected chi connectivity index (χ1v) is 9.65. The minimum absolute atomic E-state index is 0.0645. The minimum Gasteiger partial charge on any atom is -0.469 e. The van der Waals surface area contributed by atoms with E-state index in [1.54, 1.807) is 0 Å². The average molecular weight is 454 g/mol. The van der Waals surface area contributed by atoms with E-state index in [0.717, 1.165) is 24.1 Å². The van der Waals surface area contributed by atoms with Crippen LogP contribution in [0.2, 0.25) is 0 Å². The molecular formula is C20H21F3N4O5. The number of urea groups is 1. The van der Waals surface area contributed by atoms with E-state index in [-0.39, 0.29) is 30.6 Å². The molecule has 172 valence electrons. The molecule has 0 spiro atoms. The summed E-state index contributed by atoms with van der Waals surface area (Å²) in [5.41, 5.74) is 0.579. The van der Waals surface area contributed by atoms with E-state index in [2.05, 4.69) is 24.8 Å². The van der Waals surface area contributed by atoms with Gasteiger partial charge >= 0.3 is 18.0 Å². The van der Waals surface area contributed by atoms with Crippen molar-refractivity contribution in [2.75, 3.05) is 20.8 Å². The van der Waals surface area contributed by atoms with Gasteiger partial charge in [0.25, 0.3) is 0 Å². The van der Waals surface area contributed by atoms with Crippen molar-refractivity contribution in [3.8, 4) is 0 Å². The van der Waals surface area contributed by atoms with Crippen molar-refractivity contribution in [2.45, 2.75) is 31.3 Å². The molecule has 9 nitrogen and oxygen atoms in total. The van der Waals surface area contributed by atoms with E-state index < -0.39 is 47.5 Å². The van der Waals surface area contributed by atoms with Crippen molar-refractivity contribution in [1.82, 2.24) is 20.2 Å². The van der Waals surface area contributed by atoms with E-state index in [1.807, 2.05) is 0 Å². The zero-order chi connectivity index (χ0) is 23.4. The molecule has 0 saturated carbocycles. The highest BCUT2D eigenvalue weighted by molar-refractivity contribution is 5.84. The number of methoxy groups -OCH3 is 2. The number of amides is 2. The topological polar surface area (TPSA) is 114 Å². The third-order valence-electron chi connectivity index (χ3n) is 5.19. The Labute approximate surface area is 180 Å². The second-order valence-corrected chi connectivity index (χ2v) is 7.02. The number of H-pyrrole nitrogens is 1. The number of hydrogen-bond donors (Lipinski definition) is 2. The predicted octanol–water partition coefficient (Wildman–Crippen LogP) is 1.98. The standard InChI is InChI=1S/C20H21F3N4O5/c1-31-14(28)6-5-13(19(29)32-2)26-20(30)27-8-7-12-17(25-9-24-12)18(27)10-3-4-11(21)16(23)15(10)22/h3-4,9,13,18H,5-8H2,1-2H3,(H,24,25)(H,26,30)/t13-,18-/m0/s1. The summed E-state index contributed by atoms with van der Waals surface area (Å²) in [7, 11) is 2.31. The van der Waals surface area contributed by atoms with Crippen molar-refractivity contribution >= 4 is 18.0 Å². The Morgan fingerprint density at radius 3 is 2.66 bits per heavy atom. The van der Waals surface area contributed by atoms with Gasteiger partial charge in [0.05, 0.1) is 26.2 Å². The number of nitrogens with one attached hydrogen (secondary N) is 2. The zero-order valence-electron chi connectivity index (χ0n) is 17.3. The first-order valence-electron chi connectivity index (χ1n) is 9.65. The molecule has 0 unspecified atom stereocenters. The van der Waals surface area contributed by atoms with E-state index in [9.17, 15) is 27.6 Å². The number of ether oxygens (including phenoxy) is 2. The van der Waals surface area contributed by atoms with Gasteiger partial charge in [-0.3, -0.25) is 4.79 Å². The summed E-state index contributed by atoms with van der Waals surface area (Å²) >= 11 is 0. The summed E-state index contributed by atoms with van der Waals surface area (Å²) < 4.78 is 51.3.